The Morgan fingerprint density at radius 1 is 1.47 bits per heavy atom. The molecule has 1 aliphatic rings. The van der Waals surface area contributed by atoms with Crippen LogP contribution in [0.25, 0.3) is 0 Å². The molecule has 2 rings (SSSR count). The average Bonchev–Trinajstić information content (AvgIpc) is 2.88. The van der Waals surface area contributed by atoms with Gasteiger partial charge in [0.25, 0.3) is 0 Å². The van der Waals surface area contributed by atoms with Crippen LogP contribution in [-0.2, 0) is 4.79 Å². The lowest BCUT2D eigenvalue weighted by molar-refractivity contribution is -0.117. The Hall–Kier alpha value is -1.95. The van der Waals surface area contributed by atoms with E-state index in [4.69, 9.17) is 5.73 Å². The highest BCUT2D eigenvalue weighted by molar-refractivity contribution is 5.98. The number of benzene rings is 1. The first-order valence-electron chi connectivity index (χ1n) is 6.13. The van der Waals surface area contributed by atoms with E-state index in [1.807, 2.05) is 0 Å². The van der Waals surface area contributed by atoms with Crippen molar-refractivity contribution in [2.75, 3.05) is 11.9 Å². The van der Waals surface area contributed by atoms with Gasteiger partial charge in [-0.3, -0.25) is 9.59 Å². The fraction of sp³-hybridized carbons (Fsp3) is 0.385. The third-order valence-corrected chi connectivity index (χ3v) is 3.26. The maximum atomic E-state index is 13.7. The van der Waals surface area contributed by atoms with Gasteiger partial charge >= 0.3 is 0 Å². The van der Waals surface area contributed by atoms with Crippen LogP contribution < -0.4 is 16.4 Å². The van der Waals surface area contributed by atoms with E-state index in [-0.39, 0.29) is 28.8 Å². The third kappa shape index (κ3) is 2.90. The van der Waals surface area contributed by atoms with Crippen molar-refractivity contribution in [2.24, 2.45) is 5.73 Å². The van der Waals surface area contributed by atoms with E-state index in [2.05, 4.69) is 10.6 Å². The van der Waals surface area contributed by atoms with Gasteiger partial charge in [-0.25, -0.2) is 4.39 Å². The van der Waals surface area contributed by atoms with Gasteiger partial charge in [-0.15, -0.1) is 0 Å². The van der Waals surface area contributed by atoms with Gasteiger partial charge in [0.2, 0.25) is 11.8 Å². The average molecular weight is 265 g/mol. The maximum Gasteiger partial charge on any atom is 0.248 e. The van der Waals surface area contributed by atoms with Gasteiger partial charge in [-0.05, 0) is 38.4 Å². The van der Waals surface area contributed by atoms with Crippen molar-refractivity contribution in [1.29, 1.82) is 0 Å². The van der Waals surface area contributed by atoms with E-state index in [9.17, 15) is 14.0 Å². The molecule has 1 atom stereocenters. The Labute approximate surface area is 110 Å². The summed E-state index contributed by atoms with van der Waals surface area (Å²) in [6.07, 6.45) is 1.69. The summed E-state index contributed by atoms with van der Waals surface area (Å²) in [7, 11) is 0. The van der Waals surface area contributed by atoms with Crippen LogP contribution in [-0.4, -0.2) is 24.4 Å². The van der Waals surface area contributed by atoms with E-state index in [0.29, 0.717) is 0 Å². The highest BCUT2D eigenvalue weighted by Gasteiger charge is 2.23. The number of amides is 2. The van der Waals surface area contributed by atoms with Crippen molar-refractivity contribution in [3.63, 3.8) is 0 Å². The number of carbonyl (C=O) groups is 2. The monoisotopic (exact) mass is 265 g/mol. The summed E-state index contributed by atoms with van der Waals surface area (Å²) in [6.45, 7) is 2.34. The minimum absolute atomic E-state index is 0.0396. The van der Waals surface area contributed by atoms with Crippen molar-refractivity contribution in [2.45, 2.75) is 25.8 Å². The summed E-state index contributed by atoms with van der Waals surface area (Å²) in [5, 5.41) is 5.69. The number of primary amides is 1. The molecule has 1 aromatic carbocycles. The molecule has 19 heavy (non-hydrogen) atoms. The zero-order valence-corrected chi connectivity index (χ0v) is 10.6. The molecule has 5 nitrogen and oxygen atoms in total. The summed E-state index contributed by atoms with van der Waals surface area (Å²) in [4.78, 5) is 23.0. The van der Waals surface area contributed by atoms with Gasteiger partial charge < -0.3 is 16.4 Å². The minimum Gasteiger partial charge on any atom is -0.366 e. The molecule has 0 aliphatic carbocycles. The van der Waals surface area contributed by atoms with Gasteiger partial charge in [0.15, 0.2) is 0 Å². The fourth-order valence-electron chi connectivity index (χ4n) is 2.08. The summed E-state index contributed by atoms with van der Waals surface area (Å²) in [5.74, 6) is -1.51. The summed E-state index contributed by atoms with van der Waals surface area (Å²) in [6, 6.07) is 2.20. The van der Waals surface area contributed by atoms with E-state index >= 15 is 0 Å². The number of hydrogen-bond acceptors (Lipinski definition) is 3. The van der Waals surface area contributed by atoms with Gasteiger partial charge in [0, 0.05) is 16.8 Å². The predicted molar refractivity (Wildman–Crippen MR) is 69.3 cm³/mol. The van der Waals surface area contributed by atoms with Crippen molar-refractivity contribution < 1.29 is 14.0 Å². The van der Waals surface area contributed by atoms with Gasteiger partial charge in [-0.2, -0.15) is 0 Å². The number of carbonyl (C=O) groups excluding carboxylic acids is 2. The number of nitrogens with two attached hydrogens (primary N) is 1. The molecule has 1 fully saturated rings. The first-order chi connectivity index (χ1) is 8.99. The number of anilines is 1. The number of rotatable bonds is 3. The molecular formula is C13H16FN3O2. The molecule has 0 aromatic heterocycles. The lowest BCUT2D eigenvalue weighted by atomic mass is 10.1. The van der Waals surface area contributed by atoms with E-state index in [1.54, 1.807) is 0 Å². The summed E-state index contributed by atoms with van der Waals surface area (Å²) >= 11 is 0. The topological polar surface area (TPSA) is 84.2 Å². The quantitative estimate of drug-likeness (QED) is 0.760. The second-order valence-corrected chi connectivity index (χ2v) is 4.63. The minimum atomic E-state index is -0.728. The number of nitrogens with one attached hydrogen (secondary N) is 2. The lowest BCUT2D eigenvalue weighted by Crippen LogP contribution is -2.35. The Bertz CT molecular complexity index is 525. The third-order valence-electron chi connectivity index (χ3n) is 3.26. The molecule has 4 N–H and O–H groups in total. The van der Waals surface area contributed by atoms with Crippen LogP contribution in [0.5, 0.6) is 0 Å². The van der Waals surface area contributed by atoms with Crippen LogP contribution >= 0.6 is 0 Å². The van der Waals surface area contributed by atoms with Gasteiger partial charge in [0.1, 0.15) is 5.82 Å². The molecule has 102 valence electrons. The first kappa shape index (κ1) is 13.5. The molecule has 0 spiro atoms. The fourth-order valence-corrected chi connectivity index (χ4v) is 2.08. The first-order valence-corrected chi connectivity index (χ1v) is 6.13. The Morgan fingerprint density at radius 3 is 2.79 bits per heavy atom. The molecule has 2 amide bonds. The van der Waals surface area contributed by atoms with Crippen LogP contribution in [0.1, 0.15) is 28.8 Å². The molecule has 0 unspecified atom stereocenters. The van der Waals surface area contributed by atoms with Crippen LogP contribution in [0.15, 0.2) is 12.1 Å². The van der Waals surface area contributed by atoms with Crippen LogP contribution in [0, 0.1) is 12.7 Å². The van der Waals surface area contributed by atoms with Crippen LogP contribution in [0.4, 0.5) is 10.1 Å². The molecule has 1 heterocycles. The number of hydrogen-bond donors (Lipinski definition) is 3. The molecule has 0 bridgehead atoms. The molecule has 6 heteroatoms. The predicted octanol–water partition coefficient (Wildman–Crippen LogP) is 0.924. The largest absolute Gasteiger partial charge is 0.366 e. The Kier molecular flexibility index (Phi) is 3.80. The van der Waals surface area contributed by atoms with E-state index < -0.39 is 11.7 Å². The Morgan fingerprint density at radius 2 is 2.21 bits per heavy atom. The smallest absolute Gasteiger partial charge is 0.248 e. The molecule has 1 aromatic rings. The van der Waals surface area contributed by atoms with E-state index in [1.165, 1.54) is 13.0 Å². The van der Waals surface area contributed by atoms with Crippen LogP contribution in [0.2, 0.25) is 0 Å². The van der Waals surface area contributed by atoms with Crippen LogP contribution in [0.3, 0.4) is 0 Å². The van der Waals surface area contributed by atoms with Gasteiger partial charge in [-0.1, -0.05) is 0 Å². The van der Waals surface area contributed by atoms with Crippen molar-refractivity contribution in [3.8, 4) is 0 Å². The highest BCUT2D eigenvalue weighted by Crippen LogP contribution is 2.21. The zero-order valence-electron chi connectivity index (χ0n) is 10.6. The standard InChI is InChI=1S/C13H16FN3O2/c1-7-9(14)5-8(12(15)18)6-11(7)17-13(19)10-3-2-4-16-10/h5-6,10,16H,2-4H2,1H3,(H2,15,18)(H,17,19)/t10-/m0/s1. The van der Waals surface area contributed by atoms with Crippen molar-refractivity contribution in [1.82, 2.24) is 5.32 Å². The second-order valence-electron chi connectivity index (χ2n) is 4.63. The van der Waals surface area contributed by atoms with Crippen molar-refractivity contribution >= 4 is 17.5 Å². The molecule has 0 radical (unpaired) electrons. The Balaban J connectivity index is 2.23. The molecular weight excluding hydrogens is 249 g/mol. The molecule has 0 saturated carbocycles. The highest BCUT2D eigenvalue weighted by atomic mass is 19.1. The maximum absolute atomic E-state index is 13.7. The molecule has 1 saturated heterocycles. The summed E-state index contributed by atoms with van der Waals surface area (Å²) in [5.41, 5.74) is 5.74. The molecule has 1 aliphatic heterocycles. The lowest BCUT2D eigenvalue weighted by Gasteiger charge is -2.14. The normalized spacial score (nSPS) is 18.3. The number of halogens is 1. The SMILES string of the molecule is Cc1c(F)cc(C(N)=O)cc1NC(=O)[C@@H]1CCCN1. The summed E-state index contributed by atoms with van der Waals surface area (Å²) < 4.78 is 13.7. The second kappa shape index (κ2) is 5.36. The zero-order chi connectivity index (χ0) is 14.0. The van der Waals surface area contributed by atoms with E-state index in [0.717, 1.165) is 25.5 Å². The van der Waals surface area contributed by atoms with Gasteiger partial charge in [0.05, 0.1) is 6.04 Å². The van der Waals surface area contributed by atoms with Crippen molar-refractivity contribution in [3.05, 3.63) is 29.1 Å².